The van der Waals surface area contributed by atoms with Crippen molar-refractivity contribution in [3.05, 3.63) is 0 Å². The van der Waals surface area contributed by atoms with E-state index >= 15 is 0 Å². The number of carbonyl (C=O) groups excluding carboxylic acids is 2. The summed E-state index contributed by atoms with van der Waals surface area (Å²) in [4.78, 5) is 21.7. The summed E-state index contributed by atoms with van der Waals surface area (Å²) in [6.07, 6.45) is 24.0. The molecule has 0 aliphatic heterocycles. The standard InChI is InChI=1S/C25H48O5/c26-21-19-17-15-13-11-9-7-5-3-1-2-4-6-8-10-12-14-16-18-20-25(29)30-23-24(28)22-27/h21,24,27-28H,1-20,22-23H2. The lowest BCUT2D eigenvalue weighted by Gasteiger charge is -2.08. The van der Waals surface area contributed by atoms with Crippen LogP contribution in [0.25, 0.3) is 0 Å². The number of aliphatic hydroxyl groups is 2. The molecule has 0 saturated carbocycles. The van der Waals surface area contributed by atoms with Crippen molar-refractivity contribution in [3.8, 4) is 0 Å². The number of hydrogen-bond acceptors (Lipinski definition) is 5. The molecule has 2 N–H and O–H groups in total. The van der Waals surface area contributed by atoms with Gasteiger partial charge >= 0.3 is 5.97 Å². The maximum Gasteiger partial charge on any atom is 0.305 e. The van der Waals surface area contributed by atoms with E-state index in [0.29, 0.717) is 6.42 Å². The van der Waals surface area contributed by atoms with Crippen LogP contribution in [0.1, 0.15) is 128 Å². The van der Waals surface area contributed by atoms with Gasteiger partial charge in [0.15, 0.2) is 0 Å². The molecule has 0 aliphatic carbocycles. The Bertz CT molecular complexity index is 373. The molecule has 0 radical (unpaired) electrons. The molecule has 0 saturated heterocycles. The summed E-state index contributed by atoms with van der Waals surface area (Å²) < 4.78 is 4.88. The zero-order chi connectivity index (χ0) is 22.1. The highest BCUT2D eigenvalue weighted by molar-refractivity contribution is 5.69. The van der Waals surface area contributed by atoms with Crippen LogP contribution in [0.15, 0.2) is 0 Å². The van der Waals surface area contributed by atoms with Gasteiger partial charge in [0, 0.05) is 12.8 Å². The molecule has 0 aromatic rings. The van der Waals surface area contributed by atoms with Crippen molar-refractivity contribution in [2.45, 2.75) is 135 Å². The van der Waals surface area contributed by atoms with E-state index in [0.717, 1.165) is 32.0 Å². The first-order chi connectivity index (χ1) is 14.7. The molecule has 0 aromatic heterocycles. The number of unbranched alkanes of at least 4 members (excludes halogenated alkanes) is 18. The van der Waals surface area contributed by atoms with E-state index in [2.05, 4.69) is 0 Å². The first-order valence-corrected chi connectivity index (χ1v) is 12.6. The van der Waals surface area contributed by atoms with Crippen molar-refractivity contribution in [2.75, 3.05) is 13.2 Å². The molecule has 0 aliphatic rings. The van der Waals surface area contributed by atoms with E-state index in [1.54, 1.807) is 0 Å². The van der Waals surface area contributed by atoms with Gasteiger partial charge in [-0.1, -0.05) is 103 Å². The van der Waals surface area contributed by atoms with Gasteiger partial charge in [0.2, 0.25) is 0 Å². The highest BCUT2D eigenvalue weighted by atomic mass is 16.5. The van der Waals surface area contributed by atoms with Gasteiger partial charge in [0.25, 0.3) is 0 Å². The summed E-state index contributed by atoms with van der Waals surface area (Å²) in [6, 6.07) is 0. The Hall–Kier alpha value is -0.940. The van der Waals surface area contributed by atoms with Crippen molar-refractivity contribution < 1.29 is 24.5 Å². The van der Waals surface area contributed by atoms with Crippen molar-refractivity contribution in [1.29, 1.82) is 0 Å². The van der Waals surface area contributed by atoms with E-state index < -0.39 is 6.10 Å². The fourth-order valence-corrected chi connectivity index (χ4v) is 3.64. The molecule has 0 spiro atoms. The number of ether oxygens (including phenoxy) is 1. The van der Waals surface area contributed by atoms with Crippen LogP contribution >= 0.6 is 0 Å². The van der Waals surface area contributed by atoms with Gasteiger partial charge in [0.05, 0.1) is 6.61 Å². The summed E-state index contributed by atoms with van der Waals surface area (Å²) >= 11 is 0. The van der Waals surface area contributed by atoms with Crippen LogP contribution in [0.3, 0.4) is 0 Å². The van der Waals surface area contributed by atoms with Crippen molar-refractivity contribution in [3.63, 3.8) is 0 Å². The number of aldehydes is 1. The molecular formula is C25H48O5. The predicted molar refractivity (Wildman–Crippen MR) is 122 cm³/mol. The molecule has 0 rings (SSSR count). The van der Waals surface area contributed by atoms with Gasteiger partial charge in [-0.25, -0.2) is 0 Å². The maximum atomic E-state index is 11.4. The Morgan fingerprint density at radius 3 is 1.40 bits per heavy atom. The Kier molecular flexibility index (Phi) is 23.6. The number of hydrogen-bond donors (Lipinski definition) is 2. The van der Waals surface area contributed by atoms with Crippen LogP contribution in [0.5, 0.6) is 0 Å². The van der Waals surface area contributed by atoms with Crippen LogP contribution < -0.4 is 0 Å². The quantitative estimate of drug-likeness (QED) is 0.114. The largest absolute Gasteiger partial charge is 0.463 e. The third-order valence-electron chi connectivity index (χ3n) is 5.60. The second-order valence-electron chi connectivity index (χ2n) is 8.59. The van der Waals surface area contributed by atoms with Crippen molar-refractivity contribution >= 4 is 12.3 Å². The molecule has 0 bridgehead atoms. The minimum Gasteiger partial charge on any atom is -0.463 e. The molecule has 0 aromatic carbocycles. The fourth-order valence-electron chi connectivity index (χ4n) is 3.64. The monoisotopic (exact) mass is 428 g/mol. The summed E-state index contributed by atoms with van der Waals surface area (Å²) in [5.41, 5.74) is 0. The molecule has 1 atom stereocenters. The fraction of sp³-hybridized carbons (Fsp3) is 0.920. The van der Waals surface area contributed by atoms with Crippen LogP contribution in [0.2, 0.25) is 0 Å². The smallest absolute Gasteiger partial charge is 0.305 e. The molecule has 178 valence electrons. The summed E-state index contributed by atoms with van der Waals surface area (Å²) in [7, 11) is 0. The normalized spacial score (nSPS) is 12.1. The van der Waals surface area contributed by atoms with Crippen molar-refractivity contribution in [2.24, 2.45) is 0 Å². The molecule has 0 heterocycles. The van der Waals surface area contributed by atoms with E-state index in [1.165, 1.54) is 96.3 Å². The van der Waals surface area contributed by atoms with Crippen LogP contribution in [0, 0.1) is 0 Å². The molecule has 0 amide bonds. The summed E-state index contributed by atoms with van der Waals surface area (Å²) in [5, 5.41) is 17.8. The first kappa shape index (κ1) is 29.1. The summed E-state index contributed by atoms with van der Waals surface area (Å²) in [6.45, 7) is -0.488. The van der Waals surface area contributed by atoms with Gasteiger partial charge in [-0.15, -0.1) is 0 Å². The van der Waals surface area contributed by atoms with Gasteiger partial charge in [-0.3, -0.25) is 4.79 Å². The minimum atomic E-state index is -0.963. The number of esters is 1. The van der Waals surface area contributed by atoms with E-state index in [1.807, 2.05) is 0 Å². The van der Waals surface area contributed by atoms with E-state index in [-0.39, 0.29) is 19.2 Å². The molecule has 5 nitrogen and oxygen atoms in total. The maximum absolute atomic E-state index is 11.4. The molecule has 5 heteroatoms. The Labute approximate surface area is 185 Å². The highest BCUT2D eigenvalue weighted by Crippen LogP contribution is 2.14. The van der Waals surface area contributed by atoms with Crippen LogP contribution in [0.4, 0.5) is 0 Å². The van der Waals surface area contributed by atoms with Crippen LogP contribution in [-0.2, 0) is 14.3 Å². The molecular weight excluding hydrogens is 380 g/mol. The Morgan fingerprint density at radius 2 is 1.03 bits per heavy atom. The average molecular weight is 429 g/mol. The van der Waals surface area contributed by atoms with Gasteiger partial charge < -0.3 is 19.7 Å². The number of rotatable bonds is 24. The van der Waals surface area contributed by atoms with Gasteiger partial charge in [-0.05, 0) is 12.8 Å². The molecule has 30 heavy (non-hydrogen) atoms. The molecule has 0 fully saturated rings. The first-order valence-electron chi connectivity index (χ1n) is 12.6. The highest BCUT2D eigenvalue weighted by Gasteiger charge is 2.07. The van der Waals surface area contributed by atoms with Gasteiger partial charge in [0.1, 0.15) is 19.0 Å². The van der Waals surface area contributed by atoms with Crippen LogP contribution in [-0.4, -0.2) is 41.8 Å². The minimum absolute atomic E-state index is 0.112. The zero-order valence-electron chi connectivity index (χ0n) is 19.3. The second kappa shape index (κ2) is 24.3. The topological polar surface area (TPSA) is 83.8 Å². The lowest BCUT2D eigenvalue weighted by atomic mass is 10.0. The zero-order valence-corrected chi connectivity index (χ0v) is 19.3. The predicted octanol–water partition coefficient (Wildman–Crippen LogP) is 5.88. The third kappa shape index (κ3) is 23.3. The number of aliphatic hydroxyl groups excluding tert-OH is 2. The third-order valence-corrected chi connectivity index (χ3v) is 5.60. The van der Waals surface area contributed by atoms with Gasteiger partial charge in [-0.2, -0.15) is 0 Å². The Balaban J connectivity index is 3.11. The SMILES string of the molecule is O=CCCCCCCCCCCCCCCCCCCCCC(=O)OCC(O)CO. The molecule has 1 unspecified atom stereocenters. The lowest BCUT2D eigenvalue weighted by molar-refractivity contribution is -0.147. The number of carbonyl (C=O) groups is 2. The summed E-state index contributed by atoms with van der Waals surface area (Å²) in [5.74, 6) is -0.284. The lowest BCUT2D eigenvalue weighted by Crippen LogP contribution is -2.21. The Morgan fingerprint density at radius 1 is 0.667 bits per heavy atom. The second-order valence-corrected chi connectivity index (χ2v) is 8.59. The van der Waals surface area contributed by atoms with Crippen molar-refractivity contribution in [1.82, 2.24) is 0 Å². The average Bonchev–Trinajstić information content (AvgIpc) is 2.76. The van der Waals surface area contributed by atoms with E-state index in [4.69, 9.17) is 14.9 Å². The van der Waals surface area contributed by atoms with E-state index in [9.17, 15) is 9.59 Å².